The van der Waals surface area contributed by atoms with Crippen molar-refractivity contribution in [3.05, 3.63) is 17.5 Å². The number of nitrogens with zero attached hydrogens (tertiary/aromatic N) is 2. The number of hydrogen-bond acceptors (Lipinski definition) is 2. The Labute approximate surface area is 117 Å². The topological polar surface area (TPSA) is 46.9 Å². The van der Waals surface area contributed by atoms with Gasteiger partial charge in [-0.05, 0) is 31.7 Å². The summed E-state index contributed by atoms with van der Waals surface area (Å²) in [6.07, 6.45) is 1.03. The zero-order valence-electron chi connectivity index (χ0n) is 11.6. The van der Waals surface area contributed by atoms with Gasteiger partial charge in [-0.1, -0.05) is 29.8 Å². The molecule has 0 aliphatic carbocycles. The average molecular weight is 316 g/mol. The van der Waals surface area contributed by atoms with Crippen molar-refractivity contribution in [1.29, 1.82) is 0 Å². The SMILES string of the molecule is CCn1nc(C)cc1C(=O)NCC(C)(C)CCBr. The molecule has 102 valence electrons. The molecule has 1 heterocycles. The van der Waals surface area contributed by atoms with Gasteiger partial charge in [0.05, 0.1) is 5.69 Å². The Balaban J connectivity index is 2.65. The number of aromatic nitrogens is 2. The molecule has 0 aromatic carbocycles. The van der Waals surface area contributed by atoms with Crippen LogP contribution < -0.4 is 5.32 Å². The summed E-state index contributed by atoms with van der Waals surface area (Å²) in [5, 5.41) is 8.22. The van der Waals surface area contributed by atoms with E-state index in [0.717, 1.165) is 17.4 Å². The molecule has 5 heteroatoms. The Morgan fingerprint density at radius 2 is 2.22 bits per heavy atom. The second-order valence-electron chi connectivity index (χ2n) is 5.27. The van der Waals surface area contributed by atoms with Crippen LogP contribution in [0.5, 0.6) is 0 Å². The van der Waals surface area contributed by atoms with E-state index in [0.29, 0.717) is 18.8 Å². The van der Waals surface area contributed by atoms with Gasteiger partial charge in [0.2, 0.25) is 0 Å². The number of carbonyl (C=O) groups excluding carboxylic acids is 1. The first-order valence-electron chi connectivity index (χ1n) is 6.28. The van der Waals surface area contributed by atoms with Crippen LogP contribution in [0, 0.1) is 12.3 Å². The predicted molar refractivity (Wildman–Crippen MR) is 77.2 cm³/mol. The van der Waals surface area contributed by atoms with E-state index < -0.39 is 0 Å². The lowest BCUT2D eigenvalue weighted by atomic mass is 9.90. The molecule has 0 aliphatic rings. The molecule has 0 aliphatic heterocycles. The fraction of sp³-hybridized carbons (Fsp3) is 0.692. The highest BCUT2D eigenvalue weighted by atomic mass is 79.9. The molecule has 0 unspecified atom stereocenters. The molecule has 0 bridgehead atoms. The van der Waals surface area contributed by atoms with E-state index in [1.807, 2.05) is 19.9 Å². The van der Waals surface area contributed by atoms with Crippen molar-refractivity contribution in [3.8, 4) is 0 Å². The molecule has 1 rings (SSSR count). The summed E-state index contributed by atoms with van der Waals surface area (Å²) in [6.45, 7) is 9.57. The molecule has 1 aromatic heterocycles. The lowest BCUT2D eigenvalue weighted by Gasteiger charge is -2.23. The third-order valence-electron chi connectivity index (χ3n) is 2.93. The van der Waals surface area contributed by atoms with Crippen molar-refractivity contribution < 1.29 is 4.79 Å². The maximum Gasteiger partial charge on any atom is 0.269 e. The first kappa shape index (κ1) is 15.2. The minimum absolute atomic E-state index is 0.0416. The Bertz CT molecular complexity index is 412. The number of hydrogen-bond donors (Lipinski definition) is 1. The van der Waals surface area contributed by atoms with E-state index in [1.54, 1.807) is 4.68 Å². The molecule has 1 N–H and O–H groups in total. The highest BCUT2D eigenvalue weighted by Crippen LogP contribution is 2.20. The summed E-state index contributed by atoms with van der Waals surface area (Å²) in [5.74, 6) is -0.0416. The number of nitrogens with one attached hydrogen (secondary N) is 1. The monoisotopic (exact) mass is 315 g/mol. The molecule has 0 radical (unpaired) electrons. The smallest absolute Gasteiger partial charge is 0.269 e. The van der Waals surface area contributed by atoms with Crippen LogP contribution in [-0.2, 0) is 6.54 Å². The zero-order valence-corrected chi connectivity index (χ0v) is 13.2. The number of halogens is 1. The number of rotatable bonds is 6. The number of carbonyl (C=O) groups is 1. The Kier molecular flexibility index (Phi) is 5.38. The van der Waals surface area contributed by atoms with Gasteiger partial charge in [0.15, 0.2) is 0 Å². The number of amides is 1. The second kappa shape index (κ2) is 6.36. The summed E-state index contributed by atoms with van der Waals surface area (Å²) >= 11 is 3.44. The maximum atomic E-state index is 12.1. The van der Waals surface area contributed by atoms with Crippen LogP contribution >= 0.6 is 15.9 Å². The van der Waals surface area contributed by atoms with Crippen molar-refractivity contribution in [2.75, 3.05) is 11.9 Å². The summed E-state index contributed by atoms with van der Waals surface area (Å²) in [5.41, 5.74) is 1.62. The van der Waals surface area contributed by atoms with Crippen LogP contribution in [0.3, 0.4) is 0 Å². The molecule has 0 saturated carbocycles. The molecule has 0 atom stereocenters. The van der Waals surface area contributed by atoms with Crippen molar-refractivity contribution in [3.63, 3.8) is 0 Å². The van der Waals surface area contributed by atoms with Gasteiger partial charge < -0.3 is 5.32 Å². The average Bonchev–Trinajstić information content (AvgIpc) is 2.67. The number of aryl methyl sites for hydroxylation is 2. The van der Waals surface area contributed by atoms with Crippen molar-refractivity contribution in [2.45, 2.75) is 40.7 Å². The molecule has 0 saturated heterocycles. The predicted octanol–water partition coefficient (Wildman–Crippen LogP) is 2.75. The fourth-order valence-corrected chi connectivity index (χ4v) is 2.80. The summed E-state index contributed by atoms with van der Waals surface area (Å²) in [7, 11) is 0. The minimum atomic E-state index is -0.0416. The van der Waals surface area contributed by atoms with E-state index in [1.165, 1.54) is 0 Å². The van der Waals surface area contributed by atoms with Gasteiger partial charge in [0, 0.05) is 18.4 Å². The van der Waals surface area contributed by atoms with Gasteiger partial charge in [-0.2, -0.15) is 5.10 Å². The van der Waals surface area contributed by atoms with Crippen molar-refractivity contribution in [1.82, 2.24) is 15.1 Å². The molecule has 18 heavy (non-hydrogen) atoms. The Hall–Kier alpha value is -0.840. The highest BCUT2D eigenvalue weighted by Gasteiger charge is 2.20. The van der Waals surface area contributed by atoms with Gasteiger partial charge >= 0.3 is 0 Å². The van der Waals surface area contributed by atoms with Crippen LogP contribution in [0.2, 0.25) is 0 Å². The molecule has 0 spiro atoms. The van der Waals surface area contributed by atoms with Crippen LogP contribution in [0.25, 0.3) is 0 Å². The van der Waals surface area contributed by atoms with Crippen LogP contribution in [0.15, 0.2) is 6.07 Å². The highest BCUT2D eigenvalue weighted by molar-refractivity contribution is 9.09. The summed E-state index contributed by atoms with van der Waals surface area (Å²) in [4.78, 5) is 12.1. The standard InChI is InChI=1S/C13H22BrN3O/c1-5-17-11(8-10(2)16-17)12(18)15-9-13(3,4)6-7-14/h8H,5-7,9H2,1-4H3,(H,15,18). The zero-order chi connectivity index (χ0) is 13.8. The van der Waals surface area contributed by atoms with Gasteiger partial charge in [-0.25, -0.2) is 0 Å². The minimum Gasteiger partial charge on any atom is -0.350 e. The van der Waals surface area contributed by atoms with E-state index in [4.69, 9.17) is 0 Å². The molecule has 4 nitrogen and oxygen atoms in total. The van der Waals surface area contributed by atoms with E-state index >= 15 is 0 Å². The van der Waals surface area contributed by atoms with Gasteiger partial charge in [0.1, 0.15) is 5.69 Å². The third-order valence-corrected chi connectivity index (χ3v) is 3.33. The summed E-state index contributed by atoms with van der Waals surface area (Å²) < 4.78 is 1.74. The largest absolute Gasteiger partial charge is 0.350 e. The first-order chi connectivity index (χ1) is 8.39. The van der Waals surface area contributed by atoms with Crippen molar-refractivity contribution in [2.24, 2.45) is 5.41 Å². The van der Waals surface area contributed by atoms with E-state index in [2.05, 4.69) is 40.2 Å². The fourth-order valence-electron chi connectivity index (χ4n) is 1.72. The molecule has 1 aromatic rings. The second-order valence-corrected chi connectivity index (χ2v) is 6.07. The lowest BCUT2D eigenvalue weighted by molar-refractivity contribution is 0.0925. The normalized spacial score (nSPS) is 11.6. The Morgan fingerprint density at radius 1 is 1.56 bits per heavy atom. The number of alkyl halides is 1. The molecular weight excluding hydrogens is 294 g/mol. The first-order valence-corrected chi connectivity index (χ1v) is 7.40. The van der Waals surface area contributed by atoms with Crippen LogP contribution in [-0.4, -0.2) is 27.6 Å². The van der Waals surface area contributed by atoms with E-state index in [-0.39, 0.29) is 11.3 Å². The van der Waals surface area contributed by atoms with Gasteiger partial charge in [0.25, 0.3) is 5.91 Å². The maximum absolute atomic E-state index is 12.1. The molecule has 0 fully saturated rings. The van der Waals surface area contributed by atoms with Crippen LogP contribution in [0.4, 0.5) is 0 Å². The summed E-state index contributed by atoms with van der Waals surface area (Å²) in [6, 6.07) is 1.83. The van der Waals surface area contributed by atoms with Crippen LogP contribution in [0.1, 0.15) is 43.4 Å². The molecule has 1 amide bonds. The Morgan fingerprint density at radius 3 is 2.78 bits per heavy atom. The lowest BCUT2D eigenvalue weighted by Crippen LogP contribution is -2.35. The van der Waals surface area contributed by atoms with Gasteiger partial charge in [-0.15, -0.1) is 0 Å². The quantitative estimate of drug-likeness (QED) is 0.820. The third kappa shape index (κ3) is 4.12. The van der Waals surface area contributed by atoms with Crippen molar-refractivity contribution >= 4 is 21.8 Å². The van der Waals surface area contributed by atoms with E-state index in [9.17, 15) is 4.79 Å². The molecular formula is C13H22BrN3O. The van der Waals surface area contributed by atoms with Gasteiger partial charge in [-0.3, -0.25) is 9.48 Å².